The van der Waals surface area contributed by atoms with Crippen LogP contribution in [-0.2, 0) is 0 Å². The summed E-state index contributed by atoms with van der Waals surface area (Å²) in [5.74, 6) is 0.733. The van der Waals surface area contributed by atoms with Gasteiger partial charge in [-0.05, 0) is 37.7 Å². The molecular weight excluding hydrogens is 236 g/mol. The second kappa shape index (κ2) is 4.54. The maximum atomic E-state index is 7.49. The summed E-state index contributed by atoms with van der Waals surface area (Å²) >= 11 is 1.29. The van der Waals surface area contributed by atoms with Gasteiger partial charge in [0.25, 0.3) is 0 Å². The van der Waals surface area contributed by atoms with E-state index in [0.717, 1.165) is 11.5 Å². The zero-order valence-electron chi connectivity index (χ0n) is 9.48. The van der Waals surface area contributed by atoms with E-state index >= 15 is 0 Å². The molecule has 0 saturated carbocycles. The summed E-state index contributed by atoms with van der Waals surface area (Å²) in [6.45, 7) is 3.71. The van der Waals surface area contributed by atoms with Gasteiger partial charge >= 0.3 is 0 Å². The highest BCUT2D eigenvalue weighted by atomic mass is 32.2. The lowest BCUT2D eigenvalue weighted by atomic mass is 10.2. The molecule has 17 heavy (non-hydrogen) atoms. The van der Waals surface area contributed by atoms with Gasteiger partial charge in [-0.1, -0.05) is 0 Å². The van der Waals surface area contributed by atoms with Gasteiger partial charge in [0.2, 0.25) is 5.16 Å². The van der Waals surface area contributed by atoms with E-state index in [2.05, 4.69) is 20.2 Å². The van der Waals surface area contributed by atoms with Crippen molar-refractivity contribution in [2.45, 2.75) is 24.0 Å². The molecule has 2 rings (SSSR count). The SMILES string of the molecule is Cc1ccc(C(=N)N)c(Sc2n[nH]c(C)n2)n1. The fourth-order valence-corrected chi connectivity index (χ4v) is 2.19. The van der Waals surface area contributed by atoms with Crippen LogP contribution in [0, 0.1) is 19.3 Å². The highest BCUT2D eigenvalue weighted by molar-refractivity contribution is 7.99. The summed E-state index contributed by atoms with van der Waals surface area (Å²) in [4.78, 5) is 8.53. The zero-order valence-corrected chi connectivity index (χ0v) is 10.3. The lowest BCUT2D eigenvalue weighted by Crippen LogP contribution is -2.13. The number of rotatable bonds is 3. The number of nitrogens with two attached hydrogens (primary N) is 1. The second-order valence-electron chi connectivity index (χ2n) is 3.52. The Kier molecular flexibility index (Phi) is 3.10. The third kappa shape index (κ3) is 2.62. The van der Waals surface area contributed by atoms with Crippen LogP contribution in [0.25, 0.3) is 0 Å². The molecule has 0 aliphatic heterocycles. The summed E-state index contributed by atoms with van der Waals surface area (Å²) in [6, 6.07) is 3.61. The summed E-state index contributed by atoms with van der Waals surface area (Å²) in [7, 11) is 0. The van der Waals surface area contributed by atoms with Crippen molar-refractivity contribution in [2.24, 2.45) is 5.73 Å². The van der Waals surface area contributed by atoms with Crippen molar-refractivity contribution in [1.29, 1.82) is 5.41 Å². The van der Waals surface area contributed by atoms with Crippen LogP contribution in [0.4, 0.5) is 0 Å². The Hall–Kier alpha value is -1.89. The van der Waals surface area contributed by atoms with E-state index < -0.39 is 0 Å². The first kappa shape index (κ1) is 11.6. The van der Waals surface area contributed by atoms with E-state index in [1.807, 2.05) is 19.9 Å². The average Bonchev–Trinajstić information content (AvgIpc) is 2.63. The molecule has 88 valence electrons. The van der Waals surface area contributed by atoms with E-state index in [1.54, 1.807) is 6.07 Å². The molecule has 0 aliphatic rings. The molecule has 2 aromatic rings. The summed E-state index contributed by atoms with van der Waals surface area (Å²) < 4.78 is 0. The minimum Gasteiger partial charge on any atom is -0.384 e. The molecule has 0 aliphatic carbocycles. The Morgan fingerprint density at radius 2 is 2.12 bits per heavy atom. The van der Waals surface area contributed by atoms with Gasteiger partial charge < -0.3 is 5.73 Å². The minimum absolute atomic E-state index is 0.00717. The molecule has 0 amide bonds. The van der Waals surface area contributed by atoms with E-state index in [0.29, 0.717) is 15.7 Å². The molecule has 0 spiro atoms. The van der Waals surface area contributed by atoms with E-state index in [-0.39, 0.29) is 5.84 Å². The highest BCUT2D eigenvalue weighted by Gasteiger charge is 2.11. The molecule has 7 heteroatoms. The average molecular weight is 248 g/mol. The van der Waals surface area contributed by atoms with Crippen LogP contribution in [0.15, 0.2) is 22.3 Å². The molecule has 4 N–H and O–H groups in total. The Labute approximate surface area is 103 Å². The Balaban J connectivity index is 2.37. The van der Waals surface area contributed by atoms with Gasteiger partial charge in [-0.15, -0.1) is 5.10 Å². The lowest BCUT2D eigenvalue weighted by molar-refractivity contribution is 0.960. The van der Waals surface area contributed by atoms with Gasteiger partial charge in [0.05, 0.1) is 0 Å². The number of nitrogens with zero attached hydrogens (tertiary/aromatic N) is 3. The topological polar surface area (TPSA) is 104 Å². The molecule has 0 unspecified atom stereocenters. The molecule has 2 heterocycles. The molecule has 0 saturated heterocycles. The summed E-state index contributed by atoms with van der Waals surface area (Å²) in [5, 5.41) is 15.5. The maximum Gasteiger partial charge on any atom is 0.214 e. The lowest BCUT2D eigenvalue weighted by Gasteiger charge is -2.05. The third-order valence-electron chi connectivity index (χ3n) is 2.05. The normalized spacial score (nSPS) is 10.5. The maximum absolute atomic E-state index is 7.49. The number of hydrogen-bond donors (Lipinski definition) is 3. The second-order valence-corrected chi connectivity index (χ2v) is 4.48. The third-order valence-corrected chi connectivity index (χ3v) is 2.92. The van der Waals surface area contributed by atoms with Gasteiger partial charge in [0.15, 0.2) is 0 Å². The molecular formula is C10H12N6S. The van der Waals surface area contributed by atoms with E-state index in [9.17, 15) is 0 Å². The molecule has 0 fully saturated rings. The van der Waals surface area contributed by atoms with Crippen LogP contribution < -0.4 is 5.73 Å². The van der Waals surface area contributed by atoms with Crippen molar-refractivity contribution < 1.29 is 0 Å². The molecule has 0 radical (unpaired) electrons. The number of nitrogen functional groups attached to an aromatic ring is 1. The zero-order chi connectivity index (χ0) is 12.4. The molecule has 0 aromatic carbocycles. The number of hydrogen-bond acceptors (Lipinski definition) is 5. The number of pyridine rings is 1. The van der Waals surface area contributed by atoms with Crippen molar-refractivity contribution >= 4 is 17.6 Å². The van der Waals surface area contributed by atoms with Crippen LogP contribution in [-0.4, -0.2) is 26.0 Å². The number of amidine groups is 1. The minimum atomic E-state index is -0.00717. The smallest absolute Gasteiger partial charge is 0.214 e. The van der Waals surface area contributed by atoms with Crippen molar-refractivity contribution in [2.75, 3.05) is 0 Å². The van der Waals surface area contributed by atoms with Crippen molar-refractivity contribution in [3.05, 3.63) is 29.2 Å². The van der Waals surface area contributed by atoms with Gasteiger partial charge in [-0.2, -0.15) is 0 Å². The predicted octanol–water partition coefficient (Wildman–Crippen LogP) is 1.25. The van der Waals surface area contributed by atoms with Crippen LogP contribution >= 0.6 is 11.8 Å². The van der Waals surface area contributed by atoms with Crippen LogP contribution in [0.2, 0.25) is 0 Å². The Morgan fingerprint density at radius 3 is 2.71 bits per heavy atom. The quantitative estimate of drug-likeness (QED) is 0.560. The fourth-order valence-electron chi connectivity index (χ4n) is 1.27. The van der Waals surface area contributed by atoms with Crippen LogP contribution in [0.5, 0.6) is 0 Å². The van der Waals surface area contributed by atoms with Gasteiger partial charge in [0, 0.05) is 11.3 Å². The molecule has 0 bridgehead atoms. The van der Waals surface area contributed by atoms with E-state index in [4.69, 9.17) is 11.1 Å². The van der Waals surface area contributed by atoms with Gasteiger partial charge in [-0.25, -0.2) is 9.97 Å². The number of aromatic amines is 1. The number of aryl methyl sites for hydroxylation is 2. The molecule has 6 nitrogen and oxygen atoms in total. The standard InChI is InChI=1S/C10H12N6S/c1-5-3-4-7(8(11)12)9(13-5)17-10-14-6(2)15-16-10/h3-4H,1-2H3,(H3,11,12)(H,14,15,16). The first-order valence-corrected chi connectivity index (χ1v) is 5.77. The highest BCUT2D eigenvalue weighted by Crippen LogP contribution is 2.26. The van der Waals surface area contributed by atoms with Crippen LogP contribution in [0.1, 0.15) is 17.1 Å². The monoisotopic (exact) mass is 248 g/mol. The number of aromatic nitrogens is 4. The van der Waals surface area contributed by atoms with Gasteiger partial charge in [0.1, 0.15) is 16.7 Å². The largest absolute Gasteiger partial charge is 0.384 e. The predicted molar refractivity (Wildman–Crippen MR) is 65.2 cm³/mol. The Morgan fingerprint density at radius 1 is 1.35 bits per heavy atom. The summed E-state index contributed by atoms with van der Waals surface area (Å²) in [6.07, 6.45) is 0. The number of H-pyrrole nitrogens is 1. The Bertz CT molecular complexity index is 562. The fraction of sp³-hybridized carbons (Fsp3) is 0.200. The van der Waals surface area contributed by atoms with E-state index in [1.165, 1.54) is 11.8 Å². The molecule has 2 aromatic heterocycles. The van der Waals surface area contributed by atoms with Crippen molar-refractivity contribution in [3.63, 3.8) is 0 Å². The first-order valence-electron chi connectivity index (χ1n) is 4.95. The first-order chi connectivity index (χ1) is 8.06. The van der Waals surface area contributed by atoms with Crippen molar-refractivity contribution in [3.8, 4) is 0 Å². The molecule has 0 atom stereocenters. The van der Waals surface area contributed by atoms with Crippen molar-refractivity contribution in [1.82, 2.24) is 20.2 Å². The number of nitrogens with one attached hydrogen (secondary N) is 2. The van der Waals surface area contributed by atoms with Gasteiger partial charge in [-0.3, -0.25) is 10.5 Å². The van der Waals surface area contributed by atoms with Crippen LogP contribution in [0.3, 0.4) is 0 Å². The summed E-state index contributed by atoms with van der Waals surface area (Å²) in [5.41, 5.74) is 6.97.